The number of para-hydroxylation sites is 1. The number of anilines is 1. The van der Waals surface area contributed by atoms with Crippen molar-refractivity contribution in [3.63, 3.8) is 0 Å². The van der Waals surface area contributed by atoms with Crippen molar-refractivity contribution in [2.24, 2.45) is 0 Å². The minimum atomic E-state index is -0.489. The molecular formula is C23H22N4O5. The van der Waals surface area contributed by atoms with Gasteiger partial charge in [0.2, 0.25) is 6.79 Å². The molecule has 0 fully saturated rings. The molecule has 1 N–H and O–H groups in total. The van der Waals surface area contributed by atoms with Crippen molar-refractivity contribution < 1.29 is 23.8 Å². The van der Waals surface area contributed by atoms with Crippen LogP contribution in [0.1, 0.15) is 28.7 Å². The average molecular weight is 434 g/mol. The number of amides is 2. The van der Waals surface area contributed by atoms with E-state index in [0.717, 1.165) is 11.4 Å². The minimum absolute atomic E-state index is 0.170. The van der Waals surface area contributed by atoms with Gasteiger partial charge in [0.05, 0.1) is 24.5 Å². The second-order valence-electron chi connectivity index (χ2n) is 7.41. The number of hydrogen-bond acceptors (Lipinski definition) is 6. The standard InChI is InChI=1S/C23H22N4O5/c1-2-30-22(28)21-17-13-26(11-10-18(17)27(25-21)16-6-4-3-5-7-16)23(29)24-15-8-9-19-20(12-15)32-14-31-19/h3-9,12H,2,10-11,13-14H2,1H3,(H,24,29). The number of carbonyl (C=O) groups excluding carboxylic acids is 2. The van der Waals surface area contributed by atoms with Gasteiger partial charge in [0.15, 0.2) is 17.2 Å². The molecule has 0 bridgehead atoms. The zero-order valence-corrected chi connectivity index (χ0v) is 17.5. The average Bonchev–Trinajstić information content (AvgIpc) is 3.43. The Balaban J connectivity index is 1.41. The molecular weight excluding hydrogens is 412 g/mol. The Morgan fingerprint density at radius 2 is 1.94 bits per heavy atom. The lowest BCUT2D eigenvalue weighted by Crippen LogP contribution is -2.39. The molecule has 0 spiro atoms. The molecule has 0 saturated carbocycles. The Bertz CT molecular complexity index is 1170. The largest absolute Gasteiger partial charge is 0.461 e. The molecule has 3 heterocycles. The summed E-state index contributed by atoms with van der Waals surface area (Å²) in [5.41, 5.74) is 3.32. The van der Waals surface area contributed by atoms with Gasteiger partial charge >= 0.3 is 12.0 Å². The van der Waals surface area contributed by atoms with Crippen LogP contribution in [0.2, 0.25) is 0 Å². The van der Waals surface area contributed by atoms with Gasteiger partial charge < -0.3 is 24.4 Å². The van der Waals surface area contributed by atoms with Crippen molar-refractivity contribution in [3.05, 3.63) is 65.5 Å². The fourth-order valence-corrected chi connectivity index (χ4v) is 3.92. The number of urea groups is 1. The summed E-state index contributed by atoms with van der Waals surface area (Å²) in [6.45, 7) is 2.92. The van der Waals surface area contributed by atoms with Gasteiger partial charge in [-0.05, 0) is 31.2 Å². The zero-order valence-electron chi connectivity index (χ0n) is 17.5. The van der Waals surface area contributed by atoms with E-state index in [0.29, 0.717) is 35.7 Å². The molecule has 0 saturated heterocycles. The molecule has 1 aromatic heterocycles. The lowest BCUT2D eigenvalue weighted by Gasteiger charge is -2.28. The first-order valence-corrected chi connectivity index (χ1v) is 10.4. The van der Waals surface area contributed by atoms with Crippen LogP contribution in [-0.4, -0.2) is 46.6 Å². The Morgan fingerprint density at radius 3 is 2.75 bits per heavy atom. The van der Waals surface area contributed by atoms with E-state index in [1.807, 2.05) is 30.3 Å². The molecule has 0 radical (unpaired) electrons. The highest BCUT2D eigenvalue weighted by molar-refractivity contribution is 5.92. The normalized spacial score (nSPS) is 14.1. The maximum absolute atomic E-state index is 13.0. The predicted octanol–water partition coefficient (Wildman–Crippen LogP) is 3.37. The molecule has 2 aliphatic heterocycles. The van der Waals surface area contributed by atoms with Crippen LogP contribution < -0.4 is 14.8 Å². The van der Waals surface area contributed by atoms with E-state index in [4.69, 9.17) is 14.2 Å². The number of carbonyl (C=O) groups is 2. The van der Waals surface area contributed by atoms with Gasteiger partial charge in [-0.1, -0.05) is 18.2 Å². The summed E-state index contributed by atoms with van der Waals surface area (Å²) in [6.07, 6.45) is 0.561. The SMILES string of the molecule is CCOC(=O)c1nn(-c2ccccc2)c2c1CN(C(=O)Nc1ccc3c(c1)OCO3)CC2. The van der Waals surface area contributed by atoms with Gasteiger partial charge in [-0.25, -0.2) is 14.3 Å². The lowest BCUT2D eigenvalue weighted by atomic mass is 10.0. The van der Waals surface area contributed by atoms with Crippen LogP contribution in [0.25, 0.3) is 5.69 Å². The maximum atomic E-state index is 13.0. The van der Waals surface area contributed by atoms with E-state index in [1.165, 1.54) is 0 Å². The van der Waals surface area contributed by atoms with Crippen LogP contribution in [0.4, 0.5) is 10.5 Å². The number of rotatable bonds is 4. The molecule has 2 amide bonds. The molecule has 2 aliphatic rings. The molecule has 9 nitrogen and oxygen atoms in total. The lowest BCUT2D eigenvalue weighted by molar-refractivity contribution is 0.0516. The van der Waals surface area contributed by atoms with Crippen molar-refractivity contribution in [3.8, 4) is 17.2 Å². The summed E-state index contributed by atoms with van der Waals surface area (Å²) in [7, 11) is 0. The predicted molar refractivity (Wildman–Crippen MR) is 115 cm³/mol. The molecule has 32 heavy (non-hydrogen) atoms. The molecule has 0 atom stereocenters. The smallest absolute Gasteiger partial charge is 0.359 e. The van der Waals surface area contributed by atoms with Crippen LogP contribution in [0.3, 0.4) is 0 Å². The Hall–Kier alpha value is -4.01. The number of aromatic nitrogens is 2. The quantitative estimate of drug-likeness (QED) is 0.633. The van der Waals surface area contributed by atoms with Crippen LogP contribution in [0.5, 0.6) is 11.5 Å². The summed E-state index contributed by atoms with van der Waals surface area (Å²) >= 11 is 0. The second-order valence-corrected chi connectivity index (χ2v) is 7.41. The topological polar surface area (TPSA) is 94.9 Å². The first kappa shape index (κ1) is 19.9. The Morgan fingerprint density at radius 1 is 1.12 bits per heavy atom. The fraction of sp³-hybridized carbons (Fsp3) is 0.261. The summed E-state index contributed by atoms with van der Waals surface area (Å²) in [4.78, 5) is 27.2. The molecule has 3 aromatic rings. The van der Waals surface area contributed by atoms with Gasteiger partial charge in [-0.15, -0.1) is 0 Å². The third-order valence-electron chi connectivity index (χ3n) is 5.44. The monoisotopic (exact) mass is 434 g/mol. The summed E-state index contributed by atoms with van der Waals surface area (Å²) < 4.78 is 17.7. The third-order valence-corrected chi connectivity index (χ3v) is 5.44. The number of benzene rings is 2. The molecule has 2 aromatic carbocycles. The summed E-state index contributed by atoms with van der Waals surface area (Å²) in [5.74, 6) is 0.756. The third kappa shape index (κ3) is 3.62. The van der Waals surface area contributed by atoms with Gasteiger partial charge in [0.1, 0.15) is 0 Å². The highest BCUT2D eigenvalue weighted by Crippen LogP contribution is 2.34. The van der Waals surface area contributed by atoms with E-state index in [-0.39, 0.29) is 31.7 Å². The van der Waals surface area contributed by atoms with E-state index < -0.39 is 5.97 Å². The van der Waals surface area contributed by atoms with Crippen LogP contribution in [-0.2, 0) is 17.7 Å². The van der Waals surface area contributed by atoms with Crippen LogP contribution >= 0.6 is 0 Å². The molecule has 164 valence electrons. The number of nitrogens with one attached hydrogen (secondary N) is 1. The summed E-state index contributed by atoms with van der Waals surface area (Å²) in [6, 6.07) is 14.6. The van der Waals surface area contributed by atoms with Crippen molar-refractivity contribution in [2.75, 3.05) is 25.3 Å². The van der Waals surface area contributed by atoms with E-state index >= 15 is 0 Å². The molecule has 0 aliphatic carbocycles. The van der Waals surface area contributed by atoms with Crippen LogP contribution in [0.15, 0.2) is 48.5 Å². The first-order valence-electron chi connectivity index (χ1n) is 10.4. The van der Waals surface area contributed by atoms with Crippen LogP contribution in [0, 0.1) is 0 Å². The van der Waals surface area contributed by atoms with Gasteiger partial charge in [-0.3, -0.25) is 0 Å². The molecule has 9 heteroatoms. The van der Waals surface area contributed by atoms with Gasteiger partial charge in [0, 0.05) is 30.3 Å². The number of esters is 1. The highest BCUT2D eigenvalue weighted by Gasteiger charge is 2.31. The van der Waals surface area contributed by atoms with Crippen molar-refractivity contribution >= 4 is 17.7 Å². The molecule has 5 rings (SSSR count). The second kappa shape index (κ2) is 8.26. The number of fused-ring (bicyclic) bond motifs is 2. The Labute approximate surface area is 184 Å². The number of hydrogen-bond donors (Lipinski definition) is 1. The van der Waals surface area contributed by atoms with E-state index in [2.05, 4.69) is 10.4 Å². The van der Waals surface area contributed by atoms with E-state index in [9.17, 15) is 9.59 Å². The van der Waals surface area contributed by atoms with Gasteiger partial charge in [0.25, 0.3) is 0 Å². The Kier molecular flexibility index (Phi) is 5.14. The molecule has 0 unspecified atom stereocenters. The number of ether oxygens (including phenoxy) is 3. The highest BCUT2D eigenvalue weighted by atomic mass is 16.7. The van der Waals surface area contributed by atoms with Crippen molar-refractivity contribution in [1.29, 1.82) is 0 Å². The summed E-state index contributed by atoms with van der Waals surface area (Å²) in [5, 5.41) is 7.44. The maximum Gasteiger partial charge on any atom is 0.359 e. The van der Waals surface area contributed by atoms with Crippen molar-refractivity contribution in [1.82, 2.24) is 14.7 Å². The zero-order chi connectivity index (χ0) is 22.1. The first-order chi connectivity index (χ1) is 15.6. The number of nitrogens with zero attached hydrogens (tertiary/aromatic N) is 3. The minimum Gasteiger partial charge on any atom is -0.461 e. The fourth-order valence-electron chi connectivity index (χ4n) is 3.92. The van der Waals surface area contributed by atoms with Crippen molar-refractivity contribution in [2.45, 2.75) is 19.9 Å². The van der Waals surface area contributed by atoms with Gasteiger partial charge in [-0.2, -0.15) is 5.10 Å². The van der Waals surface area contributed by atoms with E-state index in [1.54, 1.807) is 34.7 Å².